The standard InChI is InChI=1S/C16H24N2O4S/c17-10-16(7-3-4-8-16)11-23(21,22)18-13-6-2-1-5-12(13)9-14(18)15(19)20/h12-14H,1-9,11H2,(H,19,20). The van der Waals surface area contributed by atoms with Crippen LogP contribution in [0.3, 0.4) is 0 Å². The van der Waals surface area contributed by atoms with Crippen molar-refractivity contribution in [3.8, 4) is 6.07 Å². The van der Waals surface area contributed by atoms with Crippen molar-refractivity contribution in [3.63, 3.8) is 0 Å². The number of carboxylic acid groups (broad SMARTS) is 1. The molecule has 23 heavy (non-hydrogen) atoms. The lowest BCUT2D eigenvalue weighted by Gasteiger charge is -2.34. The van der Waals surface area contributed by atoms with Crippen LogP contribution in [0.25, 0.3) is 0 Å². The van der Waals surface area contributed by atoms with Gasteiger partial charge in [-0.05, 0) is 38.0 Å². The van der Waals surface area contributed by atoms with E-state index in [1.807, 2.05) is 0 Å². The lowest BCUT2D eigenvalue weighted by Crippen LogP contribution is -2.49. The Hall–Kier alpha value is -1.13. The quantitative estimate of drug-likeness (QED) is 0.845. The predicted molar refractivity (Wildman–Crippen MR) is 83.9 cm³/mol. The molecule has 1 N–H and O–H groups in total. The predicted octanol–water partition coefficient (Wildman–Crippen LogP) is 2.12. The fraction of sp³-hybridized carbons (Fsp3) is 0.875. The first-order valence-corrected chi connectivity index (χ1v) is 10.1. The molecule has 2 saturated carbocycles. The first-order valence-electron chi connectivity index (χ1n) is 8.54. The van der Waals surface area contributed by atoms with E-state index in [1.54, 1.807) is 0 Å². The second-order valence-corrected chi connectivity index (χ2v) is 9.26. The van der Waals surface area contributed by atoms with Crippen LogP contribution in [-0.4, -0.2) is 41.6 Å². The summed E-state index contributed by atoms with van der Waals surface area (Å²) in [4.78, 5) is 11.6. The molecular weight excluding hydrogens is 316 g/mol. The van der Waals surface area contributed by atoms with E-state index in [1.165, 1.54) is 4.31 Å². The molecule has 2 aliphatic carbocycles. The maximum atomic E-state index is 13.0. The van der Waals surface area contributed by atoms with E-state index in [0.717, 1.165) is 38.5 Å². The Labute approximate surface area is 137 Å². The molecule has 1 aliphatic heterocycles. The highest BCUT2D eigenvalue weighted by molar-refractivity contribution is 7.89. The number of fused-ring (bicyclic) bond motifs is 1. The van der Waals surface area contributed by atoms with Crippen LogP contribution in [-0.2, 0) is 14.8 Å². The lowest BCUT2D eigenvalue weighted by atomic mass is 9.85. The van der Waals surface area contributed by atoms with Gasteiger partial charge in [-0.25, -0.2) is 8.42 Å². The molecule has 0 amide bonds. The van der Waals surface area contributed by atoms with Gasteiger partial charge in [0.2, 0.25) is 10.0 Å². The Morgan fingerprint density at radius 1 is 1.22 bits per heavy atom. The summed E-state index contributed by atoms with van der Waals surface area (Å²) in [5.74, 6) is -1.12. The zero-order valence-electron chi connectivity index (χ0n) is 13.3. The monoisotopic (exact) mass is 340 g/mol. The largest absolute Gasteiger partial charge is 0.480 e. The van der Waals surface area contributed by atoms with Crippen molar-refractivity contribution in [1.29, 1.82) is 5.26 Å². The molecule has 0 bridgehead atoms. The summed E-state index contributed by atoms with van der Waals surface area (Å²) >= 11 is 0. The number of nitriles is 1. The summed E-state index contributed by atoms with van der Waals surface area (Å²) < 4.78 is 27.3. The van der Waals surface area contributed by atoms with Gasteiger partial charge in [0.05, 0.1) is 17.2 Å². The molecule has 0 aromatic carbocycles. The van der Waals surface area contributed by atoms with Gasteiger partial charge in [-0.2, -0.15) is 9.57 Å². The summed E-state index contributed by atoms with van der Waals surface area (Å²) in [6, 6.07) is 1.08. The van der Waals surface area contributed by atoms with Crippen molar-refractivity contribution < 1.29 is 18.3 Å². The summed E-state index contributed by atoms with van der Waals surface area (Å²) in [5.41, 5.74) is -0.825. The Bertz CT molecular complexity index is 618. The van der Waals surface area contributed by atoms with E-state index in [0.29, 0.717) is 19.3 Å². The second kappa shape index (κ2) is 6.06. The molecule has 7 heteroatoms. The third-order valence-corrected chi connectivity index (χ3v) is 7.98. The van der Waals surface area contributed by atoms with Crippen molar-refractivity contribution in [2.24, 2.45) is 11.3 Å². The zero-order valence-corrected chi connectivity index (χ0v) is 14.1. The van der Waals surface area contributed by atoms with Crippen molar-refractivity contribution in [1.82, 2.24) is 4.31 Å². The summed E-state index contributed by atoms with van der Waals surface area (Å²) in [7, 11) is -3.75. The first-order chi connectivity index (χ1) is 10.9. The minimum atomic E-state index is -3.75. The van der Waals surface area contributed by atoms with Gasteiger partial charge in [0.15, 0.2) is 0 Å². The van der Waals surface area contributed by atoms with Gasteiger partial charge < -0.3 is 5.11 Å². The SMILES string of the molecule is N#CC1(CS(=O)(=O)N2C(C(=O)O)CC3CCCCC32)CCCC1. The highest BCUT2D eigenvalue weighted by Crippen LogP contribution is 2.44. The number of aliphatic carboxylic acids is 1. The van der Waals surface area contributed by atoms with Crippen LogP contribution in [0.4, 0.5) is 0 Å². The van der Waals surface area contributed by atoms with Crippen molar-refractivity contribution in [2.75, 3.05) is 5.75 Å². The molecule has 3 aliphatic rings. The van der Waals surface area contributed by atoms with Gasteiger partial charge in [-0.1, -0.05) is 25.7 Å². The van der Waals surface area contributed by atoms with E-state index in [9.17, 15) is 23.6 Å². The number of carbonyl (C=O) groups is 1. The van der Waals surface area contributed by atoms with E-state index >= 15 is 0 Å². The maximum absolute atomic E-state index is 13.0. The van der Waals surface area contributed by atoms with E-state index in [4.69, 9.17) is 0 Å². The summed E-state index contributed by atoms with van der Waals surface area (Å²) in [6.07, 6.45) is 7.00. The lowest BCUT2D eigenvalue weighted by molar-refractivity contribution is -0.141. The molecule has 0 spiro atoms. The van der Waals surface area contributed by atoms with Crippen molar-refractivity contribution in [2.45, 2.75) is 69.9 Å². The average molecular weight is 340 g/mol. The fourth-order valence-electron chi connectivity index (χ4n) is 4.79. The Morgan fingerprint density at radius 3 is 2.48 bits per heavy atom. The van der Waals surface area contributed by atoms with Crippen LogP contribution in [0.5, 0.6) is 0 Å². The van der Waals surface area contributed by atoms with Gasteiger partial charge in [0.25, 0.3) is 0 Å². The third kappa shape index (κ3) is 2.99. The summed E-state index contributed by atoms with van der Waals surface area (Å²) in [5, 5.41) is 19.0. The second-order valence-electron chi connectivity index (χ2n) is 7.39. The molecule has 128 valence electrons. The number of carboxylic acids is 1. The van der Waals surface area contributed by atoms with E-state index in [2.05, 4.69) is 6.07 Å². The average Bonchev–Trinajstić information content (AvgIpc) is 3.11. The molecule has 3 atom stereocenters. The molecule has 0 radical (unpaired) electrons. The first kappa shape index (κ1) is 16.7. The zero-order chi connectivity index (χ0) is 16.7. The molecule has 1 saturated heterocycles. The fourth-order valence-corrected chi connectivity index (χ4v) is 7.25. The minimum absolute atomic E-state index is 0.154. The third-order valence-electron chi connectivity index (χ3n) is 5.89. The van der Waals surface area contributed by atoms with Gasteiger partial charge in [-0.15, -0.1) is 0 Å². The van der Waals surface area contributed by atoms with E-state index < -0.39 is 27.4 Å². The van der Waals surface area contributed by atoms with Crippen LogP contribution < -0.4 is 0 Å². The van der Waals surface area contributed by atoms with Gasteiger partial charge >= 0.3 is 5.97 Å². The maximum Gasteiger partial charge on any atom is 0.322 e. The highest BCUT2D eigenvalue weighted by Gasteiger charge is 2.52. The highest BCUT2D eigenvalue weighted by atomic mass is 32.2. The molecule has 3 unspecified atom stereocenters. The topological polar surface area (TPSA) is 98.5 Å². The Balaban J connectivity index is 1.89. The smallest absolute Gasteiger partial charge is 0.322 e. The van der Waals surface area contributed by atoms with Gasteiger partial charge in [0, 0.05) is 6.04 Å². The number of rotatable bonds is 4. The number of sulfonamides is 1. The number of nitrogens with zero attached hydrogens (tertiary/aromatic N) is 2. The molecule has 3 rings (SSSR count). The Kier molecular flexibility index (Phi) is 4.41. The molecule has 6 nitrogen and oxygen atoms in total. The molecule has 0 aromatic heterocycles. The minimum Gasteiger partial charge on any atom is -0.480 e. The molecule has 1 heterocycles. The summed E-state index contributed by atoms with van der Waals surface area (Å²) in [6.45, 7) is 0. The van der Waals surface area contributed by atoms with Crippen molar-refractivity contribution in [3.05, 3.63) is 0 Å². The molecular formula is C16H24N2O4S. The molecule has 3 fully saturated rings. The van der Waals surface area contributed by atoms with E-state index in [-0.39, 0.29) is 17.7 Å². The van der Waals surface area contributed by atoms with Crippen molar-refractivity contribution >= 4 is 16.0 Å². The number of hydrogen-bond acceptors (Lipinski definition) is 4. The van der Waals surface area contributed by atoms with Crippen LogP contribution in [0, 0.1) is 22.7 Å². The Morgan fingerprint density at radius 2 is 1.87 bits per heavy atom. The molecule has 0 aromatic rings. The van der Waals surface area contributed by atoms with Crippen LogP contribution in [0.15, 0.2) is 0 Å². The van der Waals surface area contributed by atoms with Gasteiger partial charge in [0.1, 0.15) is 6.04 Å². The van der Waals surface area contributed by atoms with Gasteiger partial charge in [-0.3, -0.25) is 4.79 Å². The number of hydrogen-bond donors (Lipinski definition) is 1. The normalized spacial score (nSPS) is 34.0. The van der Waals surface area contributed by atoms with Crippen LogP contribution in [0.1, 0.15) is 57.8 Å². The van der Waals surface area contributed by atoms with Crippen LogP contribution >= 0.6 is 0 Å². The van der Waals surface area contributed by atoms with Crippen LogP contribution in [0.2, 0.25) is 0 Å².